The lowest BCUT2D eigenvalue weighted by molar-refractivity contribution is -0.126. The van der Waals surface area contributed by atoms with Gasteiger partial charge in [-0.1, -0.05) is 0 Å². The van der Waals surface area contributed by atoms with Crippen LogP contribution < -0.4 is 11.1 Å². The van der Waals surface area contributed by atoms with Gasteiger partial charge < -0.3 is 15.8 Å². The zero-order valence-corrected chi connectivity index (χ0v) is 11.4. The van der Waals surface area contributed by atoms with Gasteiger partial charge in [-0.15, -0.1) is 0 Å². The van der Waals surface area contributed by atoms with E-state index in [1.807, 2.05) is 12.1 Å². The molecule has 1 aliphatic rings. The lowest BCUT2D eigenvalue weighted by atomic mass is 9.94. The van der Waals surface area contributed by atoms with Gasteiger partial charge in [-0.2, -0.15) is 0 Å². The topological polar surface area (TPSA) is 77.2 Å². The summed E-state index contributed by atoms with van der Waals surface area (Å²) >= 11 is 0. The van der Waals surface area contributed by atoms with E-state index in [0.717, 1.165) is 6.42 Å². The van der Waals surface area contributed by atoms with Gasteiger partial charge in [0.2, 0.25) is 5.91 Å². The van der Waals surface area contributed by atoms with Crippen LogP contribution in [0.15, 0.2) is 24.5 Å². The minimum atomic E-state index is -0.857. The van der Waals surface area contributed by atoms with E-state index in [0.29, 0.717) is 13.2 Å². The van der Waals surface area contributed by atoms with Gasteiger partial charge in [-0.3, -0.25) is 9.78 Å². The minimum Gasteiger partial charge on any atom is -0.379 e. The summed E-state index contributed by atoms with van der Waals surface area (Å²) in [5, 5.41) is 2.98. The van der Waals surface area contributed by atoms with Crippen molar-refractivity contribution in [3.8, 4) is 0 Å². The third kappa shape index (κ3) is 3.75. The fourth-order valence-corrected chi connectivity index (χ4v) is 2.14. The average molecular weight is 263 g/mol. The summed E-state index contributed by atoms with van der Waals surface area (Å²) in [7, 11) is 0. The molecule has 2 atom stereocenters. The number of pyridine rings is 1. The van der Waals surface area contributed by atoms with Crippen molar-refractivity contribution in [2.24, 2.45) is 11.7 Å². The smallest absolute Gasteiger partial charge is 0.239 e. The quantitative estimate of drug-likeness (QED) is 0.829. The zero-order chi connectivity index (χ0) is 13.9. The number of rotatable bonds is 4. The van der Waals surface area contributed by atoms with Gasteiger partial charge >= 0.3 is 0 Å². The average Bonchev–Trinajstić information content (AvgIpc) is 2.77. The van der Waals surface area contributed by atoms with Crippen molar-refractivity contribution >= 4 is 5.91 Å². The Labute approximate surface area is 113 Å². The van der Waals surface area contributed by atoms with E-state index in [2.05, 4.69) is 10.3 Å². The summed E-state index contributed by atoms with van der Waals surface area (Å²) < 4.78 is 5.48. The highest BCUT2D eigenvalue weighted by atomic mass is 16.5. The van der Waals surface area contributed by atoms with Gasteiger partial charge in [0.1, 0.15) is 0 Å². The maximum absolute atomic E-state index is 11.9. The van der Waals surface area contributed by atoms with E-state index >= 15 is 0 Å². The van der Waals surface area contributed by atoms with Crippen LogP contribution in [0.1, 0.15) is 19.4 Å². The van der Waals surface area contributed by atoms with E-state index in [-0.39, 0.29) is 17.9 Å². The Balaban J connectivity index is 1.96. The van der Waals surface area contributed by atoms with Crippen molar-refractivity contribution < 1.29 is 9.53 Å². The highest BCUT2D eigenvalue weighted by Gasteiger charge is 2.32. The number of aromatic nitrogens is 1. The molecule has 3 N–H and O–H groups in total. The first kappa shape index (κ1) is 14.0. The Morgan fingerprint density at radius 1 is 1.47 bits per heavy atom. The van der Waals surface area contributed by atoms with Gasteiger partial charge in [-0.25, -0.2) is 0 Å². The molecule has 19 heavy (non-hydrogen) atoms. The summed E-state index contributed by atoms with van der Waals surface area (Å²) in [6, 6.07) is 4.01. The number of hydrogen-bond acceptors (Lipinski definition) is 4. The number of nitrogens with one attached hydrogen (secondary N) is 1. The molecule has 0 spiro atoms. The van der Waals surface area contributed by atoms with Gasteiger partial charge in [0.25, 0.3) is 0 Å². The van der Waals surface area contributed by atoms with Crippen LogP contribution in [-0.2, 0) is 16.0 Å². The van der Waals surface area contributed by atoms with Crippen LogP contribution in [0.5, 0.6) is 0 Å². The molecule has 1 fully saturated rings. The fourth-order valence-electron chi connectivity index (χ4n) is 2.14. The molecule has 2 rings (SSSR count). The Morgan fingerprint density at radius 3 is 2.79 bits per heavy atom. The molecule has 1 saturated heterocycles. The highest BCUT2D eigenvalue weighted by molar-refractivity contribution is 5.85. The molecule has 0 aromatic carbocycles. The lowest BCUT2D eigenvalue weighted by Crippen LogP contribution is -2.53. The third-order valence-corrected chi connectivity index (χ3v) is 3.35. The van der Waals surface area contributed by atoms with Crippen molar-refractivity contribution in [1.29, 1.82) is 0 Å². The summed E-state index contributed by atoms with van der Waals surface area (Å²) in [6.45, 7) is 4.63. The van der Waals surface area contributed by atoms with Crippen LogP contribution in [0.25, 0.3) is 0 Å². The fraction of sp³-hybridized carbons (Fsp3) is 0.571. The van der Waals surface area contributed by atoms with Crippen LogP contribution in [-0.4, -0.2) is 35.7 Å². The first-order valence-corrected chi connectivity index (χ1v) is 6.53. The molecule has 0 bridgehead atoms. The number of ether oxygens (including phenoxy) is 1. The molecule has 5 heteroatoms. The summed E-state index contributed by atoms with van der Waals surface area (Å²) in [5.41, 5.74) is 6.14. The molecule has 0 radical (unpaired) electrons. The van der Waals surface area contributed by atoms with Crippen LogP contribution >= 0.6 is 0 Å². The number of carbonyl (C=O) groups excluding carboxylic acids is 1. The molecule has 1 aliphatic heterocycles. The van der Waals surface area contributed by atoms with E-state index < -0.39 is 5.54 Å². The second-order valence-electron chi connectivity index (χ2n) is 5.66. The zero-order valence-electron chi connectivity index (χ0n) is 11.4. The van der Waals surface area contributed by atoms with Crippen LogP contribution in [0.3, 0.4) is 0 Å². The van der Waals surface area contributed by atoms with Gasteiger partial charge in [-0.05, 0) is 38.0 Å². The van der Waals surface area contributed by atoms with Crippen molar-refractivity contribution in [2.75, 3.05) is 13.2 Å². The number of amides is 1. The molecule has 1 aromatic rings. The largest absolute Gasteiger partial charge is 0.379 e. The van der Waals surface area contributed by atoms with Crippen molar-refractivity contribution in [2.45, 2.75) is 31.8 Å². The molecular formula is C14H21N3O2. The molecule has 2 heterocycles. The monoisotopic (exact) mass is 263 g/mol. The van der Waals surface area contributed by atoms with Crippen molar-refractivity contribution in [3.05, 3.63) is 30.1 Å². The first-order valence-electron chi connectivity index (χ1n) is 6.53. The number of nitrogens with two attached hydrogens (primary N) is 1. The van der Waals surface area contributed by atoms with E-state index in [9.17, 15) is 4.79 Å². The molecule has 5 nitrogen and oxygen atoms in total. The molecule has 104 valence electrons. The SMILES string of the molecule is CC(C)(N)C(=O)N[C@@H]1COC[C@H]1Cc1ccncc1. The van der Waals surface area contributed by atoms with E-state index in [4.69, 9.17) is 10.5 Å². The summed E-state index contributed by atoms with van der Waals surface area (Å²) in [4.78, 5) is 15.9. The van der Waals surface area contributed by atoms with Crippen LogP contribution in [0, 0.1) is 5.92 Å². The molecule has 1 amide bonds. The lowest BCUT2D eigenvalue weighted by Gasteiger charge is -2.24. The standard InChI is InChI=1S/C14H21N3O2/c1-14(2,15)13(18)17-12-9-19-8-11(12)7-10-3-5-16-6-4-10/h3-6,11-12H,7-9,15H2,1-2H3,(H,17,18)/t11-,12-/m1/s1. The predicted octanol–water partition coefficient (Wildman–Crippen LogP) is 0.493. The van der Waals surface area contributed by atoms with Gasteiger partial charge in [0, 0.05) is 18.3 Å². The van der Waals surface area contributed by atoms with Crippen molar-refractivity contribution in [1.82, 2.24) is 10.3 Å². The first-order chi connectivity index (χ1) is 8.97. The summed E-state index contributed by atoms with van der Waals surface area (Å²) in [6.07, 6.45) is 4.43. The Kier molecular flexibility index (Phi) is 4.17. The van der Waals surface area contributed by atoms with Gasteiger partial charge in [0.15, 0.2) is 0 Å². The highest BCUT2D eigenvalue weighted by Crippen LogP contribution is 2.19. The molecule has 0 unspecified atom stereocenters. The molecule has 1 aromatic heterocycles. The summed E-state index contributed by atoms with van der Waals surface area (Å²) in [5.74, 6) is 0.149. The van der Waals surface area contributed by atoms with Crippen LogP contribution in [0.4, 0.5) is 0 Å². The number of carbonyl (C=O) groups is 1. The minimum absolute atomic E-state index is 0.0310. The van der Waals surface area contributed by atoms with Crippen LogP contribution in [0.2, 0.25) is 0 Å². The van der Waals surface area contributed by atoms with Gasteiger partial charge in [0.05, 0.1) is 24.8 Å². The normalized spacial score (nSPS) is 23.3. The number of nitrogens with zero attached hydrogens (tertiary/aromatic N) is 1. The Bertz CT molecular complexity index is 428. The third-order valence-electron chi connectivity index (χ3n) is 3.35. The molecular weight excluding hydrogens is 242 g/mol. The van der Waals surface area contributed by atoms with E-state index in [1.54, 1.807) is 26.2 Å². The molecule has 0 aliphatic carbocycles. The predicted molar refractivity (Wildman–Crippen MR) is 72.4 cm³/mol. The second kappa shape index (κ2) is 5.67. The van der Waals surface area contributed by atoms with E-state index in [1.165, 1.54) is 5.56 Å². The Morgan fingerprint density at radius 2 is 2.16 bits per heavy atom. The second-order valence-corrected chi connectivity index (χ2v) is 5.66. The van der Waals surface area contributed by atoms with Crippen molar-refractivity contribution in [3.63, 3.8) is 0 Å². The number of hydrogen-bond donors (Lipinski definition) is 2. The Hall–Kier alpha value is -1.46. The maximum atomic E-state index is 11.9. The molecule has 0 saturated carbocycles. The maximum Gasteiger partial charge on any atom is 0.239 e.